The second-order valence-electron chi connectivity index (χ2n) is 6.26. The Kier molecular flexibility index (Phi) is 3.49. The lowest BCUT2D eigenvalue weighted by molar-refractivity contribution is -0.0134. The van der Waals surface area contributed by atoms with Gasteiger partial charge in [-0.15, -0.1) is 0 Å². The van der Waals surface area contributed by atoms with Crippen molar-refractivity contribution in [2.45, 2.75) is 44.6 Å². The van der Waals surface area contributed by atoms with Gasteiger partial charge in [-0.1, -0.05) is 0 Å². The summed E-state index contributed by atoms with van der Waals surface area (Å²) in [4.78, 5) is 0. The van der Waals surface area contributed by atoms with Gasteiger partial charge in [0.05, 0.1) is 0 Å². The van der Waals surface area contributed by atoms with Crippen LogP contribution in [0.15, 0.2) is 0 Å². The van der Waals surface area contributed by atoms with Crippen LogP contribution in [-0.4, -0.2) is 24.6 Å². The zero-order chi connectivity index (χ0) is 11.0. The van der Waals surface area contributed by atoms with Crippen LogP contribution < -0.4 is 5.32 Å². The van der Waals surface area contributed by atoms with Gasteiger partial charge in [-0.2, -0.15) is 11.8 Å². The van der Waals surface area contributed by atoms with E-state index in [4.69, 9.17) is 0 Å². The maximum absolute atomic E-state index is 3.89. The van der Waals surface area contributed by atoms with Crippen LogP contribution in [0, 0.1) is 23.7 Å². The van der Waals surface area contributed by atoms with E-state index in [0.29, 0.717) is 0 Å². The molecule has 0 aliphatic heterocycles. The monoisotopic (exact) mass is 239 g/mol. The standard InChI is InChI=1S/C14H25NS/c1-16-4-2-3-15-14-12-6-10-5-11(8-12)9-13(14)7-10/h10-15H,2-9H2,1H3. The molecule has 4 saturated carbocycles. The lowest BCUT2D eigenvalue weighted by atomic mass is 9.54. The fourth-order valence-corrected chi connectivity index (χ4v) is 5.18. The lowest BCUT2D eigenvalue weighted by Gasteiger charge is -2.54. The van der Waals surface area contributed by atoms with E-state index in [-0.39, 0.29) is 0 Å². The molecule has 0 atom stereocenters. The Hall–Kier alpha value is 0.310. The summed E-state index contributed by atoms with van der Waals surface area (Å²) in [6, 6.07) is 0.898. The highest BCUT2D eigenvalue weighted by molar-refractivity contribution is 7.98. The average molecular weight is 239 g/mol. The zero-order valence-electron chi connectivity index (χ0n) is 10.5. The van der Waals surface area contributed by atoms with Gasteiger partial charge in [0, 0.05) is 6.04 Å². The molecule has 16 heavy (non-hydrogen) atoms. The summed E-state index contributed by atoms with van der Waals surface area (Å²) in [5, 5.41) is 3.89. The van der Waals surface area contributed by atoms with Crippen molar-refractivity contribution in [3.8, 4) is 0 Å². The van der Waals surface area contributed by atoms with Crippen molar-refractivity contribution in [2.24, 2.45) is 23.7 Å². The number of hydrogen-bond acceptors (Lipinski definition) is 2. The minimum atomic E-state index is 0.898. The molecule has 4 bridgehead atoms. The second-order valence-corrected chi connectivity index (χ2v) is 7.24. The summed E-state index contributed by atoms with van der Waals surface area (Å²) in [7, 11) is 0. The first-order valence-corrected chi connectivity index (χ1v) is 8.48. The molecule has 0 amide bonds. The van der Waals surface area contributed by atoms with Crippen LogP contribution >= 0.6 is 11.8 Å². The first-order chi connectivity index (χ1) is 7.86. The van der Waals surface area contributed by atoms with E-state index in [9.17, 15) is 0 Å². The van der Waals surface area contributed by atoms with Gasteiger partial charge in [-0.3, -0.25) is 0 Å². The summed E-state index contributed by atoms with van der Waals surface area (Å²) in [6.07, 6.45) is 11.3. The lowest BCUT2D eigenvalue weighted by Crippen LogP contribution is -2.54. The number of thioether (sulfide) groups is 1. The van der Waals surface area contributed by atoms with E-state index < -0.39 is 0 Å². The highest BCUT2D eigenvalue weighted by Crippen LogP contribution is 2.53. The molecule has 0 saturated heterocycles. The van der Waals surface area contributed by atoms with Gasteiger partial charge in [0.25, 0.3) is 0 Å². The number of rotatable bonds is 5. The summed E-state index contributed by atoms with van der Waals surface area (Å²) in [5.74, 6) is 5.65. The third-order valence-electron chi connectivity index (χ3n) is 5.13. The third kappa shape index (κ3) is 2.15. The second kappa shape index (κ2) is 4.89. The molecule has 0 radical (unpaired) electrons. The Morgan fingerprint density at radius 2 is 1.62 bits per heavy atom. The molecular formula is C14H25NS. The molecule has 2 heteroatoms. The highest BCUT2D eigenvalue weighted by Gasteiger charge is 2.47. The molecule has 4 fully saturated rings. The maximum Gasteiger partial charge on any atom is 0.0124 e. The number of hydrogen-bond donors (Lipinski definition) is 1. The smallest absolute Gasteiger partial charge is 0.0124 e. The van der Waals surface area contributed by atoms with E-state index in [2.05, 4.69) is 11.6 Å². The highest BCUT2D eigenvalue weighted by atomic mass is 32.2. The van der Waals surface area contributed by atoms with E-state index in [1.54, 1.807) is 32.1 Å². The Labute approximate surface area is 104 Å². The average Bonchev–Trinajstić information content (AvgIpc) is 2.26. The minimum Gasteiger partial charge on any atom is -0.313 e. The summed E-state index contributed by atoms with van der Waals surface area (Å²) in [6.45, 7) is 1.26. The fourth-order valence-electron chi connectivity index (χ4n) is 4.74. The van der Waals surface area contributed by atoms with Gasteiger partial charge in [0.2, 0.25) is 0 Å². The Bertz CT molecular complexity index is 213. The molecule has 0 aromatic rings. The molecule has 4 rings (SSSR count). The summed E-state index contributed by atoms with van der Waals surface area (Å²) in [5.41, 5.74) is 0. The van der Waals surface area contributed by atoms with Gasteiger partial charge in [-0.25, -0.2) is 0 Å². The third-order valence-corrected chi connectivity index (χ3v) is 5.83. The molecule has 0 aromatic carbocycles. The molecule has 92 valence electrons. The summed E-state index contributed by atoms with van der Waals surface area (Å²) < 4.78 is 0. The SMILES string of the molecule is CSCCCNC1C2CC3CC(C2)CC1C3. The Morgan fingerprint density at radius 1 is 1.00 bits per heavy atom. The van der Waals surface area contributed by atoms with E-state index >= 15 is 0 Å². The van der Waals surface area contributed by atoms with Crippen LogP contribution in [-0.2, 0) is 0 Å². The van der Waals surface area contributed by atoms with Gasteiger partial charge < -0.3 is 5.32 Å². The van der Waals surface area contributed by atoms with Crippen LogP contribution in [0.2, 0.25) is 0 Å². The largest absolute Gasteiger partial charge is 0.313 e. The normalized spacial score (nSPS) is 45.2. The van der Waals surface area contributed by atoms with Crippen LogP contribution in [0.4, 0.5) is 0 Å². The van der Waals surface area contributed by atoms with Gasteiger partial charge in [0.1, 0.15) is 0 Å². The molecule has 4 aliphatic rings. The topological polar surface area (TPSA) is 12.0 Å². The van der Waals surface area contributed by atoms with E-state index in [0.717, 1.165) is 29.7 Å². The van der Waals surface area contributed by atoms with Crippen molar-refractivity contribution < 1.29 is 0 Å². The zero-order valence-corrected chi connectivity index (χ0v) is 11.3. The first-order valence-electron chi connectivity index (χ1n) is 7.09. The number of nitrogens with one attached hydrogen (secondary N) is 1. The predicted octanol–water partition coefficient (Wildman–Crippen LogP) is 3.15. The van der Waals surface area contributed by atoms with Gasteiger partial charge in [-0.05, 0) is 80.7 Å². The first kappa shape index (κ1) is 11.4. The quantitative estimate of drug-likeness (QED) is 0.740. The van der Waals surface area contributed by atoms with Crippen LogP contribution in [0.25, 0.3) is 0 Å². The fraction of sp³-hybridized carbons (Fsp3) is 1.00. The van der Waals surface area contributed by atoms with Crippen LogP contribution in [0.1, 0.15) is 38.5 Å². The molecular weight excluding hydrogens is 214 g/mol. The van der Waals surface area contributed by atoms with Gasteiger partial charge >= 0.3 is 0 Å². The van der Waals surface area contributed by atoms with Crippen molar-refractivity contribution >= 4 is 11.8 Å². The van der Waals surface area contributed by atoms with Crippen molar-refractivity contribution in [3.63, 3.8) is 0 Å². The molecule has 0 spiro atoms. The molecule has 0 aromatic heterocycles. The van der Waals surface area contributed by atoms with Crippen molar-refractivity contribution in [1.29, 1.82) is 0 Å². The molecule has 1 nitrogen and oxygen atoms in total. The van der Waals surface area contributed by atoms with Gasteiger partial charge in [0.15, 0.2) is 0 Å². The van der Waals surface area contributed by atoms with Crippen molar-refractivity contribution in [3.05, 3.63) is 0 Å². The molecule has 1 N–H and O–H groups in total. The Morgan fingerprint density at radius 3 is 2.19 bits per heavy atom. The molecule has 0 heterocycles. The maximum atomic E-state index is 3.89. The Balaban J connectivity index is 1.52. The molecule has 4 aliphatic carbocycles. The summed E-state index contributed by atoms with van der Waals surface area (Å²) >= 11 is 1.98. The molecule has 0 unspecified atom stereocenters. The van der Waals surface area contributed by atoms with Crippen molar-refractivity contribution in [1.82, 2.24) is 5.32 Å². The predicted molar refractivity (Wildman–Crippen MR) is 71.8 cm³/mol. The van der Waals surface area contributed by atoms with Crippen LogP contribution in [0.5, 0.6) is 0 Å². The van der Waals surface area contributed by atoms with Crippen LogP contribution in [0.3, 0.4) is 0 Å². The van der Waals surface area contributed by atoms with E-state index in [1.165, 1.54) is 18.7 Å². The van der Waals surface area contributed by atoms with Crippen molar-refractivity contribution in [2.75, 3.05) is 18.6 Å². The minimum absolute atomic E-state index is 0.898. The van der Waals surface area contributed by atoms with E-state index in [1.807, 2.05) is 11.8 Å².